The highest BCUT2D eigenvalue weighted by Crippen LogP contribution is 2.55. The number of benzene rings is 5. The summed E-state index contributed by atoms with van der Waals surface area (Å²) in [4.78, 5) is 0. The molecule has 156 valence electrons. The lowest BCUT2D eigenvalue weighted by atomic mass is 9.80. The topological polar surface area (TPSA) is 0 Å². The Balaban J connectivity index is 1.81. The van der Waals surface area contributed by atoms with Gasteiger partial charge in [-0.05, 0) is 84.0 Å². The van der Waals surface area contributed by atoms with E-state index in [9.17, 15) is 0 Å². The van der Waals surface area contributed by atoms with Gasteiger partial charge in [-0.1, -0.05) is 107 Å². The second-order valence-corrected chi connectivity index (χ2v) is 9.72. The van der Waals surface area contributed by atoms with E-state index in [1.54, 1.807) is 0 Å². The molecular formula is C32H28. The summed E-state index contributed by atoms with van der Waals surface area (Å²) in [7, 11) is 0. The highest BCUT2D eigenvalue weighted by Gasteiger charge is 2.30. The molecule has 32 heavy (non-hydrogen) atoms. The van der Waals surface area contributed by atoms with Crippen LogP contribution < -0.4 is 0 Å². The van der Waals surface area contributed by atoms with E-state index in [1.165, 1.54) is 66.1 Å². The number of fused-ring (bicyclic) bond motifs is 4. The largest absolute Gasteiger partial charge is 0.0622 e. The molecule has 0 unspecified atom stereocenters. The smallest absolute Gasteiger partial charge is 0.00262 e. The molecule has 0 fully saturated rings. The zero-order valence-electron chi connectivity index (χ0n) is 19.2. The first-order chi connectivity index (χ1) is 15.6. The zero-order valence-corrected chi connectivity index (χ0v) is 19.2. The van der Waals surface area contributed by atoms with Crippen LogP contribution in [0.2, 0.25) is 0 Å². The fraction of sp³-hybridized carbons (Fsp3) is 0.188. The van der Waals surface area contributed by atoms with Crippen LogP contribution in [0.1, 0.15) is 50.7 Å². The highest BCUT2D eigenvalue weighted by molar-refractivity contribution is 6.20. The maximum Gasteiger partial charge on any atom is -0.00262 e. The van der Waals surface area contributed by atoms with Crippen LogP contribution in [-0.4, -0.2) is 0 Å². The summed E-state index contributed by atoms with van der Waals surface area (Å²) in [6.45, 7) is 9.39. The Morgan fingerprint density at radius 2 is 1.09 bits per heavy atom. The van der Waals surface area contributed by atoms with E-state index >= 15 is 0 Å². The summed E-state index contributed by atoms with van der Waals surface area (Å²) in [5.41, 5.74) is 11.3. The van der Waals surface area contributed by atoms with Crippen LogP contribution in [0.5, 0.6) is 0 Å². The molecular weight excluding hydrogens is 384 g/mol. The lowest BCUT2D eigenvalue weighted by Gasteiger charge is -2.24. The first kappa shape index (κ1) is 19.3. The average molecular weight is 413 g/mol. The molecule has 5 aromatic rings. The van der Waals surface area contributed by atoms with E-state index in [1.807, 2.05) is 0 Å². The Morgan fingerprint density at radius 1 is 0.500 bits per heavy atom. The molecule has 5 aromatic carbocycles. The van der Waals surface area contributed by atoms with Crippen molar-refractivity contribution in [1.29, 1.82) is 0 Å². The lowest BCUT2D eigenvalue weighted by Crippen LogP contribution is -2.02. The van der Waals surface area contributed by atoms with Crippen LogP contribution in [-0.2, 0) is 0 Å². The molecule has 6 rings (SSSR count). The Bertz CT molecular complexity index is 1500. The summed E-state index contributed by atoms with van der Waals surface area (Å²) in [5.74, 6) is 0.877. The van der Waals surface area contributed by atoms with Gasteiger partial charge in [-0.3, -0.25) is 0 Å². The number of hydrogen-bond acceptors (Lipinski definition) is 0. The molecule has 0 amide bonds. The van der Waals surface area contributed by atoms with Crippen LogP contribution >= 0.6 is 0 Å². The minimum absolute atomic E-state index is 0.433. The fourth-order valence-corrected chi connectivity index (χ4v) is 5.87. The van der Waals surface area contributed by atoms with Crippen molar-refractivity contribution in [2.24, 2.45) is 0 Å². The van der Waals surface area contributed by atoms with Crippen molar-refractivity contribution in [3.63, 3.8) is 0 Å². The van der Waals surface area contributed by atoms with E-state index in [2.05, 4.69) is 113 Å². The third-order valence-electron chi connectivity index (χ3n) is 7.09. The average Bonchev–Trinajstić information content (AvgIpc) is 3.13. The highest BCUT2D eigenvalue weighted by atomic mass is 14.3. The second kappa shape index (κ2) is 7.07. The van der Waals surface area contributed by atoms with Crippen LogP contribution in [0.3, 0.4) is 0 Å². The molecule has 1 aliphatic carbocycles. The van der Waals surface area contributed by atoms with Crippen LogP contribution in [0.15, 0.2) is 84.9 Å². The molecule has 0 aliphatic heterocycles. The van der Waals surface area contributed by atoms with Crippen LogP contribution in [0.25, 0.3) is 54.9 Å². The van der Waals surface area contributed by atoms with Crippen molar-refractivity contribution in [1.82, 2.24) is 0 Å². The van der Waals surface area contributed by atoms with Crippen molar-refractivity contribution < 1.29 is 0 Å². The summed E-state index contributed by atoms with van der Waals surface area (Å²) in [6.07, 6.45) is 0. The summed E-state index contributed by atoms with van der Waals surface area (Å²) < 4.78 is 0. The third-order valence-corrected chi connectivity index (χ3v) is 7.09. The zero-order chi connectivity index (χ0) is 22.0. The van der Waals surface area contributed by atoms with Gasteiger partial charge in [-0.15, -0.1) is 0 Å². The van der Waals surface area contributed by atoms with Crippen molar-refractivity contribution in [2.75, 3.05) is 0 Å². The molecule has 0 heterocycles. The van der Waals surface area contributed by atoms with Gasteiger partial charge in [0.2, 0.25) is 0 Å². The van der Waals surface area contributed by atoms with Gasteiger partial charge in [0.1, 0.15) is 0 Å². The van der Waals surface area contributed by atoms with Crippen molar-refractivity contribution in [3.8, 4) is 33.4 Å². The lowest BCUT2D eigenvalue weighted by molar-refractivity contribution is 0.864. The van der Waals surface area contributed by atoms with Crippen molar-refractivity contribution in [3.05, 3.63) is 96.1 Å². The second-order valence-electron chi connectivity index (χ2n) is 9.72. The predicted molar refractivity (Wildman–Crippen MR) is 139 cm³/mol. The quantitative estimate of drug-likeness (QED) is 0.271. The molecule has 0 radical (unpaired) electrons. The Kier molecular flexibility index (Phi) is 4.27. The molecule has 0 N–H and O–H groups in total. The third kappa shape index (κ3) is 2.62. The van der Waals surface area contributed by atoms with Gasteiger partial charge in [0.25, 0.3) is 0 Å². The van der Waals surface area contributed by atoms with Gasteiger partial charge in [-0.2, -0.15) is 0 Å². The SMILES string of the molecule is CC(C)c1c2c(c(C(C)C)c3cc(-c4ccccc4)ccc13)-c1cccc3cccc-2c13. The number of rotatable bonds is 3. The molecule has 0 saturated heterocycles. The van der Waals surface area contributed by atoms with Crippen molar-refractivity contribution >= 4 is 21.5 Å². The summed E-state index contributed by atoms with van der Waals surface area (Å²) in [6, 6.07) is 31.5. The standard InChI is InChI=1S/C32H28/c1-19(2)28-24-17-16-23(21-10-6-5-7-11-21)18-27(24)29(20(3)4)32-26-15-9-13-22-12-8-14-25(30(22)26)31(28)32/h5-20H,1-4H3. The van der Waals surface area contributed by atoms with Crippen LogP contribution in [0.4, 0.5) is 0 Å². The Hall–Kier alpha value is -3.38. The first-order valence-electron chi connectivity index (χ1n) is 11.8. The van der Waals surface area contributed by atoms with E-state index < -0.39 is 0 Å². The summed E-state index contributed by atoms with van der Waals surface area (Å²) >= 11 is 0. The van der Waals surface area contributed by atoms with Gasteiger partial charge in [0, 0.05) is 0 Å². The van der Waals surface area contributed by atoms with Gasteiger partial charge >= 0.3 is 0 Å². The molecule has 0 heteroatoms. The van der Waals surface area contributed by atoms with Gasteiger partial charge < -0.3 is 0 Å². The molecule has 0 atom stereocenters. The Labute approximate surface area is 190 Å². The molecule has 0 nitrogen and oxygen atoms in total. The Morgan fingerprint density at radius 3 is 1.69 bits per heavy atom. The normalized spacial score (nSPS) is 12.3. The minimum Gasteiger partial charge on any atom is -0.0622 e. The predicted octanol–water partition coefficient (Wildman–Crippen LogP) is 9.55. The first-order valence-corrected chi connectivity index (χ1v) is 11.8. The van der Waals surface area contributed by atoms with E-state index in [-0.39, 0.29) is 0 Å². The molecule has 0 aromatic heterocycles. The number of hydrogen-bond donors (Lipinski definition) is 0. The molecule has 1 aliphatic rings. The maximum absolute atomic E-state index is 2.44. The maximum atomic E-state index is 2.44. The summed E-state index contributed by atoms with van der Waals surface area (Å²) in [5, 5.41) is 5.59. The molecule has 0 saturated carbocycles. The van der Waals surface area contributed by atoms with E-state index in [0.29, 0.717) is 11.8 Å². The monoisotopic (exact) mass is 412 g/mol. The molecule has 0 spiro atoms. The van der Waals surface area contributed by atoms with E-state index in [4.69, 9.17) is 0 Å². The van der Waals surface area contributed by atoms with Gasteiger partial charge in [0.05, 0.1) is 0 Å². The van der Waals surface area contributed by atoms with Crippen molar-refractivity contribution in [2.45, 2.75) is 39.5 Å². The van der Waals surface area contributed by atoms with Gasteiger partial charge in [0.15, 0.2) is 0 Å². The van der Waals surface area contributed by atoms with Gasteiger partial charge in [-0.25, -0.2) is 0 Å². The van der Waals surface area contributed by atoms with E-state index in [0.717, 1.165) is 0 Å². The fourth-order valence-electron chi connectivity index (χ4n) is 5.87. The van der Waals surface area contributed by atoms with Crippen LogP contribution in [0, 0.1) is 0 Å². The molecule has 0 bridgehead atoms. The minimum atomic E-state index is 0.433.